The molecule has 0 aliphatic heterocycles. The third kappa shape index (κ3) is 3.80. The Morgan fingerprint density at radius 2 is 2.11 bits per heavy atom. The van der Waals surface area contributed by atoms with E-state index in [0.29, 0.717) is 23.2 Å². The highest BCUT2D eigenvalue weighted by molar-refractivity contribution is 6.34. The fourth-order valence-corrected chi connectivity index (χ4v) is 3.17. The number of nitrogens with zero attached hydrogens (tertiary/aromatic N) is 1. The first kappa shape index (κ1) is 14.5. The molecule has 0 bridgehead atoms. The molecule has 3 heteroatoms. The van der Waals surface area contributed by atoms with Crippen molar-refractivity contribution in [1.82, 2.24) is 4.90 Å². The van der Waals surface area contributed by atoms with Gasteiger partial charge >= 0.3 is 0 Å². The van der Waals surface area contributed by atoms with Crippen LogP contribution in [0, 0.1) is 5.92 Å². The molecule has 0 amide bonds. The summed E-state index contributed by atoms with van der Waals surface area (Å²) in [7, 11) is 2.05. The maximum Gasteiger partial charge on any atom is 0.178 e. The van der Waals surface area contributed by atoms with Gasteiger partial charge in [0, 0.05) is 11.6 Å². The van der Waals surface area contributed by atoms with E-state index in [2.05, 4.69) is 18.9 Å². The fraction of sp³-hybridized carbons (Fsp3) is 0.562. The standard InChI is InChI=1S/C16H22ClNO/c1-12-6-5-7-13(10-12)18(2)11-16(19)14-8-3-4-9-15(14)17/h3-4,8-9,12-13H,5-7,10-11H2,1-2H3. The van der Waals surface area contributed by atoms with Gasteiger partial charge in [0.2, 0.25) is 0 Å². The Kier molecular flexibility index (Phi) is 5.00. The fourth-order valence-electron chi connectivity index (χ4n) is 2.93. The number of Topliss-reactive ketones (excluding diaryl/α,β-unsaturated/α-hetero) is 1. The predicted octanol–water partition coefficient (Wildman–Crippen LogP) is 4.03. The molecule has 1 fully saturated rings. The summed E-state index contributed by atoms with van der Waals surface area (Å²) in [5.74, 6) is 0.892. The van der Waals surface area contributed by atoms with Crippen molar-refractivity contribution in [2.24, 2.45) is 5.92 Å². The number of likely N-dealkylation sites (N-methyl/N-ethyl adjacent to an activating group) is 1. The Morgan fingerprint density at radius 3 is 2.79 bits per heavy atom. The Hall–Kier alpha value is -0.860. The zero-order chi connectivity index (χ0) is 13.8. The van der Waals surface area contributed by atoms with Gasteiger partial charge in [-0.05, 0) is 37.9 Å². The monoisotopic (exact) mass is 279 g/mol. The molecule has 1 aromatic rings. The summed E-state index contributed by atoms with van der Waals surface area (Å²) in [5.41, 5.74) is 0.639. The summed E-state index contributed by atoms with van der Waals surface area (Å²) in [6.45, 7) is 2.76. The molecule has 0 N–H and O–H groups in total. The summed E-state index contributed by atoms with van der Waals surface area (Å²) in [5, 5.41) is 0.554. The van der Waals surface area contributed by atoms with E-state index in [1.165, 1.54) is 25.7 Å². The molecule has 1 aliphatic rings. The third-order valence-electron chi connectivity index (χ3n) is 4.10. The van der Waals surface area contributed by atoms with Gasteiger partial charge in [0.25, 0.3) is 0 Å². The van der Waals surface area contributed by atoms with Gasteiger partial charge in [-0.15, -0.1) is 0 Å². The lowest BCUT2D eigenvalue weighted by molar-refractivity contribution is 0.0882. The van der Waals surface area contributed by atoms with E-state index in [0.717, 1.165) is 5.92 Å². The molecule has 0 heterocycles. The number of hydrogen-bond acceptors (Lipinski definition) is 2. The molecule has 0 saturated heterocycles. The minimum atomic E-state index is 0.117. The Morgan fingerprint density at radius 1 is 1.37 bits per heavy atom. The molecule has 2 nitrogen and oxygen atoms in total. The van der Waals surface area contributed by atoms with E-state index in [1.807, 2.05) is 18.2 Å². The highest BCUT2D eigenvalue weighted by Gasteiger charge is 2.24. The van der Waals surface area contributed by atoms with Gasteiger partial charge in [-0.3, -0.25) is 9.69 Å². The van der Waals surface area contributed by atoms with Crippen molar-refractivity contribution in [1.29, 1.82) is 0 Å². The SMILES string of the molecule is CC1CCCC(N(C)CC(=O)c2ccccc2Cl)C1. The smallest absolute Gasteiger partial charge is 0.178 e. The third-order valence-corrected chi connectivity index (χ3v) is 4.43. The van der Waals surface area contributed by atoms with Crippen LogP contribution in [0.25, 0.3) is 0 Å². The lowest BCUT2D eigenvalue weighted by atomic mass is 9.86. The zero-order valence-electron chi connectivity index (χ0n) is 11.7. The Bertz CT molecular complexity index is 446. The van der Waals surface area contributed by atoms with Gasteiger partial charge in [-0.1, -0.05) is 43.5 Å². The van der Waals surface area contributed by atoms with E-state index >= 15 is 0 Å². The van der Waals surface area contributed by atoms with Crippen molar-refractivity contribution in [3.63, 3.8) is 0 Å². The highest BCUT2D eigenvalue weighted by Crippen LogP contribution is 2.27. The maximum atomic E-state index is 12.3. The van der Waals surface area contributed by atoms with Crippen molar-refractivity contribution in [3.05, 3.63) is 34.9 Å². The Balaban J connectivity index is 1.97. The van der Waals surface area contributed by atoms with Crippen LogP contribution in [0.4, 0.5) is 0 Å². The van der Waals surface area contributed by atoms with Gasteiger partial charge in [0.1, 0.15) is 0 Å². The summed E-state index contributed by atoms with van der Waals surface area (Å²) in [4.78, 5) is 14.5. The van der Waals surface area contributed by atoms with Gasteiger partial charge in [-0.25, -0.2) is 0 Å². The van der Waals surface area contributed by atoms with Crippen LogP contribution in [0.2, 0.25) is 5.02 Å². The van der Waals surface area contributed by atoms with Crippen LogP contribution in [0.3, 0.4) is 0 Å². The molecule has 0 radical (unpaired) electrons. The van der Waals surface area contributed by atoms with E-state index < -0.39 is 0 Å². The van der Waals surface area contributed by atoms with Crippen LogP contribution >= 0.6 is 11.6 Å². The van der Waals surface area contributed by atoms with Gasteiger partial charge in [0.05, 0.1) is 11.6 Å². The number of carbonyl (C=O) groups excluding carboxylic acids is 1. The first-order valence-corrected chi connectivity index (χ1v) is 7.43. The van der Waals surface area contributed by atoms with Crippen LogP contribution in [-0.2, 0) is 0 Å². The molecule has 2 atom stereocenters. The minimum Gasteiger partial charge on any atom is -0.296 e. The summed E-state index contributed by atoms with van der Waals surface area (Å²) < 4.78 is 0. The molecule has 0 spiro atoms. The maximum absolute atomic E-state index is 12.3. The number of carbonyl (C=O) groups is 1. The molecule has 2 rings (SSSR count). The molecule has 104 valence electrons. The number of benzene rings is 1. The topological polar surface area (TPSA) is 20.3 Å². The first-order chi connectivity index (χ1) is 9.08. The number of rotatable bonds is 4. The number of hydrogen-bond donors (Lipinski definition) is 0. The molecular weight excluding hydrogens is 258 g/mol. The minimum absolute atomic E-state index is 0.117. The van der Waals surface area contributed by atoms with E-state index in [-0.39, 0.29) is 5.78 Å². The van der Waals surface area contributed by atoms with Crippen molar-refractivity contribution < 1.29 is 4.79 Å². The van der Waals surface area contributed by atoms with Gasteiger partial charge < -0.3 is 0 Å². The normalized spacial score (nSPS) is 23.6. The second-order valence-corrected chi connectivity index (χ2v) is 6.15. The Labute approximate surface area is 120 Å². The number of halogens is 1. The van der Waals surface area contributed by atoms with Crippen LogP contribution in [0.5, 0.6) is 0 Å². The van der Waals surface area contributed by atoms with Crippen LogP contribution in [0.15, 0.2) is 24.3 Å². The van der Waals surface area contributed by atoms with Crippen molar-refractivity contribution in [2.75, 3.05) is 13.6 Å². The lowest BCUT2D eigenvalue weighted by Gasteiger charge is -2.33. The summed E-state index contributed by atoms with van der Waals surface area (Å²) in [6, 6.07) is 7.84. The van der Waals surface area contributed by atoms with Crippen LogP contribution in [0.1, 0.15) is 43.0 Å². The summed E-state index contributed by atoms with van der Waals surface area (Å²) >= 11 is 6.07. The highest BCUT2D eigenvalue weighted by atomic mass is 35.5. The average molecular weight is 280 g/mol. The van der Waals surface area contributed by atoms with E-state index in [1.54, 1.807) is 6.07 Å². The van der Waals surface area contributed by atoms with E-state index in [4.69, 9.17) is 11.6 Å². The van der Waals surface area contributed by atoms with E-state index in [9.17, 15) is 4.79 Å². The summed E-state index contributed by atoms with van der Waals surface area (Å²) in [6.07, 6.45) is 5.00. The second-order valence-electron chi connectivity index (χ2n) is 5.74. The predicted molar refractivity (Wildman–Crippen MR) is 79.8 cm³/mol. The zero-order valence-corrected chi connectivity index (χ0v) is 12.5. The molecule has 1 aliphatic carbocycles. The lowest BCUT2D eigenvalue weighted by Crippen LogP contribution is -2.38. The van der Waals surface area contributed by atoms with Crippen LogP contribution in [-0.4, -0.2) is 30.3 Å². The van der Waals surface area contributed by atoms with Gasteiger partial charge in [-0.2, -0.15) is 0 Å². The molecular formula is C16H22ClNO. The first-order valence-electron chi connectivity index (χ1n) is 7.06. The van der Waals surface area contributed by atoms with Gasteiger partial charge in [0.15, 0.2) is 5.78 Å². The average Bonchev–Trinajstić information content (AvgIpc) is 2.39. The molecule has 2 unspecified atom stereocenters. The van der Waals surface area contributed by atoms with Crippen LogP contribution < -0.4 is 0 Å². The largest absolute Gasteiger partial charge is 0.296 e. The second kappa shape index (κ2) is 6.53. The molecule has 0 aromatic heterocycles. The molecule has 1 saturated carbocycles. The quantitative estimate of drug-likeness (QED) is 0.776. The molecule has 1 aromatic carbocycles. The van der Waals surface area contributed by atoms with Crippen molar-refractivity contribution >= 4 is 17.4 Å². The van der Waals surface area contributed by atoms with Crippen molar-refractivity contribution in [2.45, 2.75) is 38.6 Å². The molecule has 19 heavy (non-hydrogen) atoms. The van der Waals surface area contributed by atoms with Crippen molar-refractivity contribution in [3.8, 4) is 0 Å². The number of ketones is 1.